The number of benzene rings is 2. The Morgan fingerprint density at radius 2 is 2.00 bits per heavy atom. The van der Waals surface area contributed by atoms with Crippen LogP contribution in [0.3, 0.4) is 0 Å². The number of anilines is 1. The molecule has 25 heavy (non-hydrogen) atoms. The van der Waals surface area contributed by atoms with Gasteiger partial charge in [-0.3, -0.25) is 4.79 Å². The van der Waals surface area contributed by atoms with Crippen LogP contribution in [0, 0.1) is 0 Å². The minimum atomic E-state index is 0.0224. The number of hydrogen-bond acceptors (Lipinski definition) is 4. The Bertz CT molecular complexity index is 1050. The first kappa shape index (κ1) is 15.5. The molecule has 4 heteroatoms. The summed E-state index contributed by atoms with van der Waals surface area (Å²) >= 11 is 0. The number of nitrogen functional groups attached to an aromatic ring is 1. The van der Waals surface area contributed by atoms with E-state index < -0.39 is 0 Å². The van der Waals surface area contributed by atoms with Crippen LogP contribution >= 0.6 is 0 Å². The Morgan fingerprint density at radius 1 is 1.16 bits per heavy atom. The molecule has 2 aromatic carbocycles. The van der Waals surface area contributed by atoms with E-state index in [1.165, 1.54) is 0 Å². The Kier molecular flexibility index (Phi) is 3.80. The molecule has 0 unspecified atom stereocenters. The molecule has 0 saturated heterocycles. The number of allylic oxidation sites excluding steroid dienone is 1. The van der Waals surface area contributed by atoms with Gasteiger partial charge < -0.3 is 14.9 Å². The molecule has 0 amide bonds. The summed E-state index contributed by atoms with van der Waals surface area (Å²) in [6.45, 7) is 0. The lowest BCUT2D eigenvalue weighted by atomic mass is 9.90. The minimum Gasteiger partial charge on any atom is -0.496 e. The third-order valence-electron chi connectivity index (χ3n) is 4.64. The van der Waals surface area contributed by atoms with Gasteiger partial charge in [0.15, 0.2) is 5.43 Å². The monoisotopic (exact) mass is 333 g/mol. The molecule has 0 aliphatic heterocycles. The summed E-state index contributed by atoms with van der Waals surface area (Å²) in [5, 5.41) is 0.553. The molecule has 2 N–H and O–H groups in total. The van der Waals surface area contributed by atoms with E-state index in [-0.39, 0.29) is 5.43 Å². The molecule has 1 aliphatic carbocycles. The predicted octanol–water partition coefficient (Wildman–Crippen LogP) is 4.26. The van der Waals surface area contributed by atoms with Gasteiger partial charge in [-0.05, 0) is 55.2 Å². The Balaban J connectivity index is 1.93. The van der Waals surface area contributed by atoms with E-state index in [0.29, 0.717) is 22.4 Å². The van der Waals surface area contributed by atoms with Crippen molar-refractivity contribution in [3.8, 4) is 5.75 Å². The van der Waals surface area contributed by atoms with Gasteiger partial charge in [-0.1, -0.05) is 18.2 Å². The zero-order valence-corrected chi connectivity index (χ0v) is 14.0. The SMILES string of the molecule is COc1ccccc1/C=C1/CCCc2c1oc1ccc(N)cc1c2=O. The van der Waals surface area contributed by atoms with Crippen LogP contribution < -0.4 is 15.9 Å². The summed E-state index contributed by atoms with van der Waals surface area (Å²) in [6.07, 6.45) is 4.58. The van der Waals surface area contributed by atoms with E-state index in [1.807, 2.05) is 24.3 Å². The molecule has 4 nitrogen and oxygen atoms in total. The van der Waals surface area contributed by atoms with E-state index >= 15 is 0 Å². The fourth-order valence-electron chi connectivity index (χ4n) is 3.42. The zero-order valence-electron chi connectivity index (χ0n) is 14.0. The molecular weight excluding hydrogens is 314 g/mol. The average Bonchev–Trinajstić information content (AvgIpc) is 2.64. The smallest absolute Gasteiger partial charge is 0.196 e. The number of hydrogen-bond donors (Lipinski definition) is 1. The van der Waals surface area contributed by atoms with Gasteiger partial charge in [-0.15, -0.1) is 0 Å². The van der Waals surface area contributed by atoms with Crippen LogP contribution in [0.2, 0.25) is 0 Å². The Morgan fingerprint density at radius 3 is 2.84 bits per heavy atom. The second kappa shape index (κ2) is 6.13. The maximum atomic E-state index is 12.9. The van der Waals surface area contributed by atoms with Gasteiger partial charge in [0, 0.05) is 16.8 Å². The van der Waals surface area contributed by atoms with Gasteiger partial charge in [0.2, 0.25) is 0 Å². The van der Waals surface area contributed by atoms with Gasteiger partial charge in [0.05, 0.1) is 12.5 Å². The van der Waals surface area contributed by atoms with Crippen molar-refractivity contribution in [2.75, 3.05) is 12.8 Å². The van der Waals surface area contributed by atoms with Crippen LogP contribution in [-0.2, 0) is 6.42 Å². The van der Waals surface area contributed by atoms with Crippen LogP contribution in [0.25, 0.3) is 22.6 Å². The van der Waals surface area contributed by atoms with Crippen molar-refractivity contribution in [2.24, 2.45) is 0 Å². The molecule has 0 atom stereocenters. The third kappa shape index (κ3) is 2.70. The van der Waals surface area contributed by atoms with E-state index in [1.54, 1.807) is 25.3 Å². The first-order valence-electron chi connectivity index (χ1n) is 8.36. The first-order chi connectivity index (χ1) is 12.2. The van der Waals surface area contributed by atoms with Gasteiger partial charge in [-0.2, -0.15) is 0 Å². The standard InChI is InChI=1S/C21H19NO3/c1-24-18-8-3-2-5-13(18)11-14-6-4-7-16-20(23)17-12-15(22)9-10-19(17)25-21(14)16/h2-3,5,8-12H,4,6-7,22H2,1H3/b14-11-. The summed E-state index contributed by atoms with van der Waals surface area (Å²) in [4.78, 5) is 12.9. The van der Waals surface area contributed by atoms with Crippen LogP contribution in [0.5, 0.6) is 5.75 Å². The fourth-order valence-corrected chi connectivity index (χ4v) is 3.42. The Hall–Kier alpha value is -3.01. The number of rotatable bonds is 2. The maximum Gasteiger partial charge on any atom is 0.196 e. The number of fused-ring (bicyclic) bond motifs is 2. The van der Waals surface area contributed by atoms with Crippen molar-refractivity contribution < 1.29 is 9.15 Å². The molecule has 0 spiro atoms. The molecule has 0 fully saturated rings. The molecule has 0 bridgehead atoms. The molecule has 3 aromatic rings. The third-order valence-corrected chi connectivity index (χ3v) is 4.64. The molecule has 4 rings (SSSR count). The number of para-hydroxylation sites is 1. The van der Waals surface area contributed by atoms with Crippen LogP contribution in [0.4, 0.5) is 5.69 Å². The van der Waals surface area contributed by atoms with Gasteiger partial charge in [0.1, 0.15) is 17.1 Å². The van der Waals surface area contributed by atoms with E-state index in [4.69, 9.17) is 14.9 Å². The van der Waals surface area contributed by atoms with E-state index in [0.717, 1.165) is 41.7 Å². The highest BCUT2D eigenvalue weighted by atomic mass is 16.5. The normalized spacial score (nSPS) is 15.3. The lowest BCUT2D eigenvalue weighted by Crippen LogP contribution is -2.16. The molecular formula is C21H19NO3. The zero-order chi connectivity index (χ0) is 17.4. The van der Waals surface area contributed by atoms with Crippen LogP contribution in [0.15, 0.2) is 51.7 Å². The van der Waals surface area contributed by atoms with Crippen molar-refractivity contribution in [1.82, 2.24) is 0 Å². The van der Waals surface area contributed by atoms with Gasteiger partial charge in [0.25, 0.3) is 0 Å². The van der Waals surface area contributed by atoms with Gasteiger partial charge in [-0.25, -0.2) is 0 Å². The number of ether oxygens (including phenoxy) is 1. The van der Waals surface area contributed by atoms with Crippen LogP contribution in [0.1, 0.15) is 29.7 Å². The second-order valence-corrected chi connectivity index (χ2v) is 6.26. The molecule has 0 radical (unpaired) electrons. The lowest BCUT2D eigenvalue weighted by molar-refractivity contribution is 0.414. The summed E-state index contributed by atoms with van der Waals surface area (Å²) in [7, 11) is 1.66. The van der Waals surface area contributed by atoms with E-state index in [2.05, 4.69) is 6.08 Å². The Labute approximate surface area is 145 Å². The largest absolute Gasteiger partial charge is 0.496 e. The van der Waals surface area contributed by atoms with Crippen molar-refractivity contribution in [3.63, 3.8) is 0 Å². The topological polar surface area (TPSA) is 65.5 Å². The molecule has 126 valence electrons. The fraction of sp³-hybridized carbons (Fsp3) is 0.190. The summed E-state index contributed by atoms with van der Waals surface area (Å²) < 4.78 is 11.5. The van der Waals surface area contributed by atoms with Crippen molar-refractivity contribution in [1.29, 1.82) is 0 Å². The highest BCUT2D eigenvalue weighted by Gasteiger charge is 2.22. The highest BCUT2D eigenvalue weighted by molar-refractivity contribution is 5.87. The lowest BCUT2D eigenvalue weighted by Gasteiger charge is -2.18. The highest BCUT2D eigenvalue weighted by Crippen LogP contribution is 2.34. The summed E-state index contributed by atoms with van der Waals surface area (Å²) in [6, 6.07) is 13.0. The minimum absolute atomic E-state index is 0.0224. The average molecular weight is 333 g/mol. The maximum absolute atomic E-state index is 12.9. The van der Waals surface area contributed by atoms with Crippen molar-refractivity contribution in [3.05, 3.63) is 69.6 Å². The first-order valence-corrected chi connectivity index (χ1v) is 8.36. The molecule has 0 saturated carbocycles. The van der Waals surface area contributed by atoms with Gasteiger partial charge >= 0.3 is 0 Å². The van der Waals surface area contributed by atoms with Crippen molar-refractivity contribution in [2.45, 2.75) is 19.3 Å². The number of nitrogens with two attached hydrogens (primary N) is 1. The summed E-state index contributed by atoms with van der Waals surface area (Å²) in [5.41, 5.74) is 9.74. The molecule has 1 aromatic heterocycles. The van der Waals surface area contributed by atoms with E-state index in [9.17, 15) is 4.79 Å². The summed E-state index contributed by atoms with van der Waals surface area (Å²) in [5.74, 6) is 1.50. The second-order valence-electron chi connectivity index (χ2n) is 6.26. The number of methoxy groups -OCH3 is 1. The predicted molar refractivity (Wildman–Crippen MR) is 101 cm³/mol. The van der Waals surface area contributed by atoms with Crippen molar-refractivity contribution >= 4 is 28.3 Å². The van der Waals surface area contributed by atoms with Crippen LogP contribution in [-0.4, -0.2) is 7.11 Å². The molecule has 1 aliphatic rings. The quantitative estimate of drug-likeness (QED) is 0.712. The molecule has 1 heterocycles.